The second-order valence-corrected chi connectivity index (χ2v) is 8.68. The highest BCUT2D eigenvalue weighted by Gasteiger charge is 2.23. The van der Waals surface area contributed by atoms with Gasteiger partial charge in [-0.2, -0.15) is 4.57 Å². The first kappa shape index (κ1) is 25.9. The monoisotopic (exact) mass is 499 g/mol. The van der Waals surface area contributed by atoms with Gasteiger partial charge in [0.05, 0.1) is 0 Å². The fourth-order valence-corrected chi connectivity index (χ4v) is 4.16. The zero-order chi connectivity index (χ0) is 26.3. The van der Waals surface area contributed by atoms with Gasteiger partial charge in [-0.05, 0) is 42.3 Å². The molecule has 0 atom stereocenters. The molecule has 0 amide bonds. The van der Waals surface area contributed by atoms with Crippen molar-refractivity contribution < 1.29 is 21.8 Å². The summed E-state index contributed by atoms with van der Waals surface area (Å²) in [6, 6.07) is 45.6. The second-order valence-electron chi connectivity index (χ2n) is 8.68. The van der Waals surface area contributed by atoms with Crippen LogP contribution in [-0.2, 0) is 6.54 Å². The molecule has 37 heavy (non-hydrogen) atoms. The Balaban J connectivity index is 0.000000586. The highest BCUT2D eigenvalue weighted by Crippen LogP contribution is 2.29. The fourth-order valence-electron chi connectivity index (χ4n) is 4.16. The predicted molar refractivity (Wildman–Crippen MR) is 143 cm³/mol. The normalized spacial score (nSPS) is 10.9. The van der Waals surface area contributed by atoms with Crippen molar-refractivity contribution in [1.82, 2.24) is 0 Å². The Morgan fingerprint density at radius 3 is 1.30 bits per heavy atom. The van der Waals surface area contributed by atoms with Crippen molar-refractivity contribution in [3.8, 4) is 33.6 Å². The van der Waals surface area contributed by atoms with Crippen LogP contribution in [0.3, 0.4) is 0 Å². The molecule has 0 unspecified atom stereocenters. The number of aryl methyl sites for hydroxylation is 1. The maximum Gasteiger partial charge on any atom is 0.673 e. The zero-order valence-electron chi connectivity index (χ0n) is 20.4. The van der Waals surface area contributed by atoms with E-state index in [4.69, 9.17) is 0 Å². The number of aromatic nitrogens is 1. The van der Waals surface area contributed by atoms with Crippen LogP contribution >= 0.6 is 0 Å². The van der Waals surface area contributed by atoms with E-state index >= 15 is 0 Å². The molecule has 0 aliphatic carbocycles. The lowest BCUT2D eigenvalue weighted by atomic mass is 9.98. The lowest BCUT2D eigenvalue weighted by molar-refractivity contribution is -0.666. The molecule has 0 aliphatic heterocycles. The van der Waals surface area contributed by atoms with Gasteiger partial charge >= 0.3 is 7.25 Å². The molecule has 0 spiro atoms. The molecule has 1 heterocycles. The standard InChI is InChI=1S/C31H26N.BF4/c1-24-17-19-25(20-18-24)23-32-30(27-13-7-3-8-14-27)21-29(26-11-5-2-6-12-26)22-31(32)28-15-9-4-10-16-28;2-1(3,4)5/h2-22H,23H2,1H3;/q+1;-1. The van der Waals surface area contributed by atoms with E-state index in [-0.39, 0.29) is 0 Å². The van der Waals surface area contributed by atoms with Crippen molar-refractivity contribution in [2.24, 2.45) is 0 Å². The van der Waals surface area contributed by atoms with E-state index in [0.29, 0.717) is 0 Å². The third-order valence-electron chi connectivity index (χ3n) is 5.87. The average molecular weight is 499 g/mol. The molecule has 5 aromatic rings. The lowest BCUT2D eigenvalue weighted by Gasteiger charge is -2.13. The molecule has 6 heteroatoms. The number of halogens is 4. The largest absolute Gasteiger partial charge is 0.673 e. The number of hydrogen-bond acceptors (Lipinski definition) is 0. The summed E-state index contributed by atoms with van der Waals surface area (Å²) >= 11 is 0. The summed E-state index contributed by atoms with van der Waals surface area (Å²) in [6.45, 7) is 2.94. The molecular formula is C31H26BF4N. The Morgan fingerprint density at radius 2 is 0.892 bits per heavy atom. The number of rotatable bonds is 5. The number of benzene rings is 4. The second kappa shape index (κ2) is 11.7. The smallest absolute Gasteiger partial charge is 0.418 e. The van der Waals surface area contributed by atoms with Gasteiger partial charge < -0.3 is 17.3 Å². The highest BCUT2D eigenvalue weighted by atomic mass is 19.5. The van der Waals surface area contributed by atoms with Crippen molar-refractivity contribution in [2.45, 2.75) is 13.5 Å². The quantitative estimate of drug-likeness (QED) is 0.130. The van der Waals surface area contributed by atoms with Crippen LogP contribution < -0.4 is 4.57 Å². The summed E-state index contributed by atoms with van der Waals surface area (Å²) in [5.41, 5.74) is 9.89. The summed E-state index contributed by atoms with van der Waals surface area (Å²) < 4.78 is 41.4. The molecule has 1 nitrogen and oxygen atoms in total. The molecule has 0 fully saturated rings. The van der Waals surface area contributed by atoms with Gasteiger partial charge in [0.2, 0.25) is 11.4 Å². The molecule has 0 saturated carbocycles. The van der Waals surface area contributed by atoms with Gasteiger partial charge in [-0.1, -0.05) is 96.6 Å². The molecule has 0 radical (unpaired) electrons. The van der Waals surface area contributed by atoms with Gasteiger partial charge in [0.25, 0.3) is 0 Å². The van der Waals surface area contributed by atoms with Crippen LogP contribution in [0.5, 0.6) is 0 Å². The molecular weight excluding hydrogens is 473 g/mol. The number of hydrogen-bond donors (Lipinski definition) is 0. The van der Waals surface area contributed by atoms with Gasteiger partial charge in [-0.15, -0.1) is 0 Å². The van der Waals surface area contributed by atoms with Crippen molar-refractivity contribution in [3.05, 3.63) is 139 Å². The molecule has 1 aromatic heterocycles. The molecule has 0 aliphatic rings. The minimum absolute atomic E-state index is 0.809. The summed E-state index contributed by atoms with van der Waals surface area (Å²) in [7, 11) is -6.00. The molecule has 0 saturated heterocycles. The zero-order valence-corrected chi connectivity index (χ0v) is 20.4. The topological polar surface area (TPSA) is 3.88 Å². The van der Waals surface area contributed by atoms with Crippen LogP contribution in [0.4, 0.5) is 17.3 Å². The molecule has 0 bridgehead atoms. The molecule has 4 aromatic carbocycles. The van der Waals surface area contributed by atoms with Gasteiger partial charge in [-0.25, -0.2) is 0 Å². The molecule has 186 valence electrons. The third kappa shape index (κ3) is 7.40. The molecule has 0 N–H and O–H groups in total. The van der Waals surface area contributed by atoms with Crippen LogP contribution in [0.1, 0.15) is 11.1 Å². The van der Waals surface area contributed by atoms with Crippen molar-refractivity contribution in [3.63, 3.8) is 0 Å². The number of nitrogens with zero attached hydrogens (tertiary/aromatic N) is 1. The van der Waals surface area contributed by atoms with Crippen molar-refractivity contribution in [2.75, 3.05) is 0 Å². The van der Waals surface area contributed by atoms with Gasteiger partial charge in [0.1, 0.15) is 0 Å². The first-order valence-electron chi connectivity index (χ1n) is 11.9. The molecule has 5 rings (SSSR count). The van der Waals surface area contributed by atoms with Crippen LogP contribution in [0.25, 0.3) is 33.6 Å². The maximum atomic E-state index is 9.75. The van der Waals surface area contributed by atoms with Crippen LogP contribution in [0.15, 0.2) is 127 Å². The van der Waals surface area contributed by atoms with E-state index in [0.717, 1.165) is 6.54 Å². The Bertz CT molecular complexity index is 1350. The lowest BCUT2D eigenvalue weighted by Crippen LogP contribution is -2.39. The Morgan fingerprint density at radius 1 is 0.514 bits per heavy atom. The van der Waals surface area contributed by atoms with Gasteiger partial charge in [-0.3, -0.25) is 0 Å². The van der Waals surface area contributed by atoms with Crippen molar-refractivity contribution in [1.29, 1.82) is 0 Å². The number of pyridine rings is 1. The van der Waals surface area contributed by atoms with E-state index in [2.05, 4.69) is 139 Å². The van der Waals surface area contributed by atoms with Crippen molar-refractivity contribution >= 4 is 7.25 Å². The fraction of sp³-hybridized carbons (Fsp3) is 0.0645. The Kier molecular flexibility index (Phi) is 8.19. The van der Waals surface area contributed by atoms with E-state index < -0.39 is 7.25 Å². The first-order chi connectivity index (χ1) is 17.8. The van der Waals surface area contributed by atoms with Crippen LogP contribution in [0.2, 0.25) is 0 Å². The SMILES string of the molecule is Cc1ccc(C[n+]2c(-c3ccccc3)cc(-c3ccccc3)cc2-c2ccccc2)cc1.F[B-](F)(F)F. The highest BCUT2D eigenvalue weighted by molar-refractivity contribution is 6.50. The predicted octanol–water partition coefficient (Wildman–Crippen LogP) is 8.63. The van der Waals surface area contributed by atoms with Crippen LogP contribution in [-0.4, -0.2) is 7.25 Å². The minimum atomic E-state index is -6.00. The maximum absolute atomic E-state index is 9.75. The summed E-state index contributed by atoms with van der Waals surface area (Å²) in [4.78, 5) is 0. The van der Waals surface area contributed by atoms with E-state index in [1.165, 1.54) is 44.8 Å². The minimum Gasteiger partial charge on any atom is -0.418 e. The average Bonchev–Trinajstić information content (AvgIpc) is 2.90. The van der Waals surface area contributed by atoms with Gasteiger partial charge in [0.15, 0.2) is 6.54 Å². The Labute approximate surface area is 214 Å². The summed E-state index contributed by atoms with van der Waals surface area (Å²) in [6.07, 6.45) is 0. The summed E-state index contributed by atoms with van der Waals surface area (Å²) in [5, 5.41) is 0. The summed E-state index contributed by atoms with van der Waals surface area (Å²) in [5.74, 6) is 0. The van der Waals surface area contributed by atoms with Crippen LogP contribution in [0, 0.1) is 6.92 Å². The van der Waals surface area contributed by atoms with E-state index in [9.17, 15) is 17.3 Å². The Hall–Kier alpha value is -4.19. The third-order valence-corrected chi connectivity index (χ3v) is 5.87. The van der Waals surface area contributed by atoms with E-state index in [1.54, 1.807) is 0 Å². The van der Waals surface area contributed by atoms with Gasteiger partial charge in [0, 0.05) is 28.8 Å². The first-order valence-corrected chi connectivity index (χ1v) is 11.9. The van der Waals surface area contributed by atoms with E-state index in [1.807, 2.05) is 0 Å².